The molecule has 1 amide bonds. The Labute approximate surface area is 146 Å². The summed E-state index contributed by atoms with van der Waals surface area (Å²) in [6.07, 6.45) is 4.54. The number of rotatable bonds is 4. The van der Waals surface area contributed by atoms with Gasteiger partial charge in [-0.2, -0.15) is 5.10 Å². The fourth-order valence-electron chi connectivity index (χ4n) is 3.55. The van der Waals surface area contributed by atoms with E-state index in [1.54, 1.807) is 0 Å². The highest BCUT2D eigenvalue weighted by Gasteiger charge is 2.20. The molecule has 2 aliphatic rings. The molecule has 0 radical (unpaired) electrons. The van der Waals surface area contributed by atoms with Gasteiger partial charge in [0.15, 0.2) is 0 Å². The normalized spacial score (nSPS) is 16.8. The minimum Gasteiger partial charge on any atom is -0.347 e. The van der Waals surface area contributed by atoms with Gasteiger partial charge in [-0.15, -0.1) is 0 Å². The number of carbonyl (C=O) groups is 1. The third kappa shape index (κ3) is 3.35. The lowest BCUT2D eigenvalue weighted by molar-refractivity contribution is 0.0924. The fourth-order valence-corrected chi connectivity index (χ4v) is 3.55. The number of carbonyl (C=O) groups excluding carboxylic acids is 1. The van der Waals surface area contributed by atoms with E-state index in [1.807, 2.05) is 24.3 Å². The van der Waals surface area contributed by atoms with Crippen molar-refractivity contribution in [3.63, 3.8) is 0 Å². The van der Waals surface area contributed by atoms with E-state index in [4.69, 9.17) is 0 Å². The highest BCUT2D eigenvalue weighted by atomic mass is 16.1. The third-order valence-corrected chi connectivity index (χ3v) is 5.06. The molecule has 0 saturated carbocycles. The van der Waals surface area contributed by atoms with Crippen LogP contribution in [-0.4, -0.2) is 35.2 Å². The quantitative estimate of drug-likeness (QED) is 0.774. The number of amides is 1. The summed E-state index contributed by atoms with van der Waals surface area (Å²) < 4.78 is 0. The molecule has 3 N–H and O–H groups in total. The maximum absolute atomic E-state index is 12.3. The van der Waals surface area contributed by atoms with Crippen LogP contribution in [0.2, 0.25) is 0 Å². The zero-order valence-electron chi connectivity index (χ0n) is 14.1. The fraction of sp³-hybridized carbons (Fsp3) is 0.421. The number of nitrogens with one attached hydrogen (secondary N) is 3. The van der Waals surface area contributed by atoms with Crippen LogP contribution in [-0.2, 0) is 19.3 Å². The van der Waals surface area contributed by atoms with Crippen LogP contribution in [0.4, 0.5) is 0 Å². The van der Waals surface area contributed by atoms with Crippen molar-refractivity contribution in [2.75, 3.05) is 13.1 Å². The van der Waals surface area contributed by atoms with Gasteiger partial charge in [-0.05, 0) is 48.9 Å². The van der Waals surface area contributed by atoms with Gasteiger partial charge in [-0.3, -0.25) is 9.59 Å². The van der Waals surface area contributed by atoms with Crippen molar-refractivity contribution in [2.24, 2.45) is 0 Å². The zero-order valence-corrected chi connectivity index (χ0v) is 14.1. The van der Waals surface area contributed by atoms with E-state index >= 15 is 0 Å². The second kappa shape index (κ2) is 6.80. The Balaban J connectivity index is 1.56. The first-order chi connectivity index (χ1) is 12.2. The summed E-state index contributed by atoms with van der Waals surface area (Å²) in [5.74, 6) is -0.0372. The Morgan fingerprint density at radius 1 is 1.20 bits per heavy atom. The van der Waals surface area contributed by atoms with E-state index < -0.39 is 0 Å². The van der Waals surface area contributed by atoms with E-state index in [-0.39, 0.29) is 17.5 Å². The molecule has 25 heavy (non-hydrogen) atoms. The van der Waals surface area contributed by atoms with Crippen LogP contribution in [0, 0.1) is 0 Å². The van der Waals surface area contributed by atoms with Crippen molar-refractivity contribution in [1.82, 2.24) is 20.8 Å². The van der Waals surface area contributed by atoms with E-state index in [1.165, 1.54) is 0 Å². The van der Waals surface area contributed by atoms with Crippen LogP contribution in [0.1, 0.15) is 45.6 Å². The van der Waals surface area contributed by atoms with Crippen molar-refractivity contribution in [2.45, 2.75) is 38.1 Å². The van der Waals surface area contributed by atoms with Crippen LogP contribution >= 0.6 is 0 Å². The van der Waals surface area contributed by atoms with Gasteiger partial charge in [-0.25, -0.2) is 5.10 Å². The molecular formula is C19H22N4O2. The molecule has 0 spiro atoms. The van der Waals surface area contributed by atoms with Gasteiger partial charge in [0, 0.05) is 30.6 Å². The van der Waals surface area contributed by atoms with Crippen LogP contribution in [0.15, 0.2) is 29.1 Å². The number of hydrogen-bond donors (Lipinski definition) is 3. The van der Waals surface area contributed by atoms with Gasteiger partial charge in [0.1, 0.15) is 0 Å². The first-order valence-electron chi connectivity index (χ1n) is 8.90. The summed E-state index contributed by atoms with van der Waals surface area (Å²) in [7, 11) is 0. The van der Waals surface area contributed by atoms with E-state index in [2.05, 4.69) is 20.8 Å². The number of hydrogen-bond acceptors (Lipinski definition) is 4. The van der Waals surface area contributed by atoms with Gasteiger partial charge in [0.25, 0.3) is 11.5 Å². The molecule has 2 aromatic rings. The lowest BCUT2D eigenvalue weighted by Crippen LogP contribution is -2.56. The standard InChI is InChI=1S/C19H22N4O2/c24-18(21-14-10-20-11-14)13-5-3-4-12(8-13)9-17-15-6-1-2-7-16(15)19(25)23-22-17/h3-5,8,14,20H,1-2,6-7,9-11H2,(H,21,24)(H,23,25). The largest absolute Gasteiger partial charge is 0.347 e. The van der Waals surface area contributed by atoms with E-state index in [9.17, 15) is 9.59 Å². The average Bonchev–Trinajstić information content (AvgIpc) is 2.61. The summed E-state index contributed by atoms with van der Waals surface area (Å²) in [4.78, 5) is 24.3. The molecule has 2 heterocycles. The maximum atomic E-state index is 12.3. The van der Waals surface area contributed by atoms with E-state index in [0.717, 1.165) is 61.2 Å². The lowest BCUT2D eigenvalue weighted by Gasteiger charge is -2.28. The van der Waals surface area contributed by atoms with Crippen molar-refractivity contribution in [1.29, 1.82) is 0 Å². The maximum Gasteiger partial charge on any atom is 0.267 e. The molecule has 0 bridgehead atoms. The Bertz CT molecular complexity index is 855. The Hall–Kier alpha value is -2.47. The summed E-state index contributed by atoms with van der Waals surface area (Å²) in [5, 5.41) is 13.1. The summed E-state index contributed by atoms with van der Waals surface area (Å²) in [6.45, 7) is 1.66. The van der Waals surface area contributed by atoms with Gasteiger partial charge < -0.3 is 10.6 Å². The van der Waals surface area contributed by atoms with Gasteiger partial charge >= 0.3 is 0 Å². The van der Waals surface area contributed by atoms with Crippen molar-refractivity contribution in [3.8, 4) is 0 Å². The topological polar surface area (TPSA) is 86.9 Å². The number of nitrogens with zero attached hydrogens (tertiary/aromatic N) is 1. The summed E-state index contributed by atoms with van der Waals surface area (Å²) in [6, 6.07) is 7.89. The number of H-pyrrole nitrogens is 1. The SMILES string of the molecule is O=C(NC1CNC1)c1cccc(Cc2n[nH]c(=O)c3c2CCCC3)c1. The second-order valence-corrected chi connectivity index (χ2v) is 6.87. The molecule has 1 aromatic heterocycles. The average molecular weight is 338 g/mol. The number of fused-ring (bicyclic) bond motifs is 1. The van der Waals surface area contributed by atoms with Gasteiger partial charge in [0.2, 0.25) is 0 Å². The molecular weight excluding hydrogens is 316 g/mol. The molecule has 1 fully saturated rings. The van der Waals surface area contributed by atoms with Gasteiger partial charge in [-0.1, -0.05) is 12.1 Å². The summed E-state index contributed by atoms with van der Waals surface area (Å²) in [5.41, 5.74) is 4.57. The van der Waals surface area contributed by atoms with Crippen LogP contribution < -0.4 is 16.2 Å². The molecule has 4 rings (SSSR count). The van der Waals surface area contributed by atoms with Crippen LogP contribution in [0.5, 0.6) is 0 Å². The highest BCUT2D eigenvalue weighted by Crippen LogP contribution is 2.22. The predicted molar refractivity (Wildman–Crippen MR) is 94.9 cm³/mol. The Morgan fingerprint density at radius 2 is 2.00 bits per heavy atom. The third-order valence-electron chi connectivity index (χ3n) is 5.06. The molecule has 1 aliphatic heterocycles. The number of aromatic amines is 1. The van der Waals surface area contributed by atoms with E-state index in [0.29, 0.717) is 12.0 Å². The lowest BCUT2D eigenvalue weighted by atomic mass is 9.90. The van der Waals surface area contributed by atoms with Crippen molar-refractivity contribution >= 4 is 5.91 Å². The Kier molecular flexibility index (Phi) is 4.36. The Morgan fingerprint density at radius 3 is 2.76 bits per heavy atom. The minimum absolute atomic E-state index is 0.0372. The predicted octanol–water partition coefficient (Wildman–Crippen LogP) is 0.941. The highest BCUT2D eigenvalue weighted by molar-refractivity contribution is 5.94. The zero-order chi connectivity index (χ0) is 17.2. The minimum atomic E-state index is -0.0549. The van der Waals surface area contributed by atoms with Crippen molar-refractivity contribution < 1.29 is 4.79 Å². The molecule has 1 aromatic carbocycles. The second-order valence-electron chi connectivity index (χ2n) is 6.87. The van der Waals surface area contributed by atoms with Crippen molar-refractivity contribution in [3.05, 3.63) is 62.6 Å². The monoisotopic (exact) mass is 338 g/mol. The first kappa shape index (κ1) is 16.0. The molecule has 0 atom stereocenters. The van der Waals surface area contributed by atoms with Crippen LogP contribution in [0.25, 0.3) is 0 Å². The smallest absolute Gasteiger partial charge is 0.267 e. The molecule has 0 unspecified atom stereocenters. The molecule has 6 nitrogen and oxygen atoms in total. The van der Waals surface area contributed by atoms with Crippen LogP contribution in [0.3, 0.4) is 0 Å². The molecule has 1 saturated heterocycles. The molecule has 1 aliphatic carbocycles. The summed E-state index contributed by atoms with van der Waals surface area (Å²) >= 11 is 0. The number of benzene rings is 1. The molecule has 130 valence electrons. The first-order valence-corrected chi connectivity index (χ1v) is 8.90. The number of aromatic nitrogens is 2. The van der Waals surface area contributed by atoms with Gasteiger partial charge in [0.05, 0.1) is 11.7 Å². The molecule has 6 heteroatoms.